The molecule has 0 aromatic carbocycles. The highest BCUT2D eigenvalue weighted by atomic mass is 32.2. The summed E-state index contributed by atoms with van der Waals surface area (Å²) in [4.78, 5) is 26.2. The van der Waals surface area contributed by atoms with E-state index in [1.807, 2.05) is 0 Å². The molecular formula is C13H13F5N2O3S. The van der Waals surface area contributed by atoms with Gasteiger partial charge in [0.25, 0.3) is 11.7 Å². The van der Waals surface area contributed by atoms with Crippen molar-refractivity contribution >= 4 is 28.7 Å². The summed E-state index contributed by atoms with van der Waals surface area (Å²) < 4.78 is 70.1. The Morgan fingerprint density at radius 1 is 1.33 bits per heavy atom. The number of aromatic nitrogens is 1. The Morgan fingerprint density at radius 2 is 1.92 bits per heavy atom. The molecule has 0 atom stereocenters. The summed E-state index contributed by atoms with van der Waals surface area (Å²) in [6.45, 7) is 1.35. The van der Waals surface area contributed by atoms with Crippen LogP contribution in [-0.2, 0) is 17.3 Å². The number of halogens is 5. The SMILES string of the molecule is CCc1c(NC(=O)SC)c(C(F)F)nc(C(F)(F)F)c1C(=O)OC. The van der Waals surface area contributed by atoms with Gasteiger partial charge in [0.2, 0.25) is 0 Å². The lowest BCUT2D eigenvalue weighted by molar-refractivity contribution is -0.142. The molecule has 5 nitrogen and oxygen atoms in total. The molecule has 0 aliphatic carbocycles. The molecule has 1 heterocycles. The van der Waals surface area contributed by atoms with Crippen molar-refractivity contribution in [3.8, 4) is 0 Å². The molecule has 0 aliphatic heterocycles. The topological polar surface area (TPSA) is 68.3 Å². The van der Waals surface area contributed by atoms with Crippen molar-refractivity contribution in [3.05, 3.63) is 22.5 Å². The Hall–Kier alpha value is -1.91. The smallest absolute Gasteiger partial charge is 0.434 e. The van der Waals surface area contributed by atoms with Gasteiger partial charge in [0.1, 0.15) is 5.69 Å². The number of hydrogen-bond acceptors (Lipinski definition) is 5. The highest BCUT2D eigenvalue weighted by Crippen LogP contribution is 2.39. The van der Waals surface area contributed by atoms with Gasteiger partial charge in [-0.2, -0.15) is 13.2 Å². The Balaban J connectivity index is 3.87. The number of rotatable bonds is 4. The minimum Gasteiger partial charge on any atom is -0.465 e. The molecule has 0 saturated carbocycles. The summed E-state index contributed by atoms with van der Waals surface area (Å²) >= 11 is 0.628. The van der Waals surface area contributed by atoms with E-state index in [0.29, 0.717) is 11.8 Å². The zero-order valence-electron chi connectivity index (χ0n) is 12.8. The molecule has 1 aromatic rings. The van der Waals surface area contributed by atoms with Crippen LogP contribution in [0.25, 0.3) is 0 Å². The highest BCUT2D eigenvalue weighted by Gasteiger charge is 2.41. The molecule has 1 amide bonds. The van der Waals surface area contributed by atoms with Crippen LogP contribution in [0.5, 0.6) is 0 Å². The molecule has 0 fully saturated rings. The van der Waals surface area contributed by atoms with E-state index < -0.39 is 52.0 Å². The zero-order valence-corrected chi connectivity index (χ0v) is 13.6. The van der Waals surface area contributed by atoms with Gasteiger partial charge in [-0.1, -0.05) is 18.7 Å². The van der Waals surface area contributed by atoms with Crippen LogP contribution in [-0.4, -0.2) is 29.6 Å². The van der Waals surface area contributed by atoms with Crippen molar-refractivity contribution < 1.29 is 36.3 Å². The van der Waals surface area contributed by atoms with Gasteiger partial charge in [0, 0.05) is 0 Å². The van der Waals surface area contributed by atoms with E-state index in [-0.39, 0.29) is 6.42 Å². The fourth-order valence-corrected chi connectivity index (χ4v) is 2.19. The number of nitrogens with zero attached hydrogens (tertiary/aromatic N) is 1. The second-order valence-electron chi connectivity index (χ2n) is 4.33. The fourth-order valence-electron chi connectivity index (χ4n) is 1.99. The van der Waals surface area contributed by atoms with E-state index in [2.05, 4.69) is 15.0 Å². The Kier molecular flexibility index (Phi) is 6.52. The summed E-state index contributed by atoms with van der Waals surface area (Å²) in [6, 6.07) is 0. The van der Waals surface area contributed by atoms with Crippen LogP contribution >= 0.6 is 11.8 Å². The predicted octanol–water partition coefficient (Wildman–Crippen LogP) is 4.28. The van der Waals surface area contributed by atoms with Crippen molar-refractivity contribution in [1.82, 2.24) is 4.98 Å². The van der Waals surface area contributed by atoms with Crippen LogP contribution in [0.2, 0.25) is 0 Å². The molecule has 0 aliphatic rings. The third kappa shape index (κ3) is 4.13. The second-order valence-corrected chi connectivity index (χ2v) is 5.11. The van der Waals surface area contributed by atoms with Crippen LogP contribution in [0.4, 0.5) is 32.4 Å². The van der Waals surface area contributed by atoms with Crippen LogP contribution in [0.1, 0.15) is 40.7 Å². The molecule has 1 N–H and O–H groups in total. The van der Waals surface area contributed by atoms with Crippen LogP contribution in [0.15, 0.2) is 0 Å². The van der Waals surface area contributed by atoms with Gasteiger partial charge in [-0.25, -0.2) is 18.6 Å². The van der Waals surface area contributed by atoms with E-state index in [0.717, 1.165) is 7.11 Å². The number of esters is 1. The molecule has 0 spiro atoms. The van der Waals surface area contributed by atoms with E-state index in [9.17, 15) is 31.5 Å². The third-order valence-corrected chi connectivity index (χ3v) is 3.43. The number of nitrogens with one attached hydrogen (secondary N) is 1. The molecule has 11 heteroatoms. The minimum absolute atomic E-state index is 0.236. The lowest BCUT2D eigenvalue weighted by atomic mass is 9.99. The highest BCUT2D eigenvalue weighted by molar-refractivity contribution is 8.13. The number of pyridine rings is 1. The van der Waals surface area contributed by atoms with E-state index in [1.54, 1.807) is 0 Å². The average molecular weight is 372 g/mol. The first-order valence-electron chi connectivity index (χ1n) is 6.43. The van der Waals surface area contributed by atoms with Crippen LogP contribution in [0, 0.1) is 0 Å². The number of alkyl halides is 5. The maximum Gasteiger partial charge on any atom is 0.434 e. The summed E-state index contributed by atoms with van der Waals surface area (Å²) in [5.41, 5.74) is -5.05. The fraction of sp³-hybridized carbons (Fsp3) is 0.462. The maximum atomic E-state index is 13.2. The molecule has 1 rings (SSSR count). The first-order chi connectivity index (χ1) is 11.1. The Morgan fingerprint density at radius 3 is 2.29 bits per heavy atom. The van der Waals surface area contributed by atoms with Crippen molar-refractivity contribution in [3.63, 3.8) is 0 Å². The number of anilines is 1. The number of carbonyl (C=O) groups excluding carboxylic acids is 2. The van der Waals surface area contributed by atoms with Crippen LogP contribution < -0.4 is 5.32 Å². The molecule has 0 radical (unpaired) electrons. The number of methoxy groups -OCH3 is 1. The molecule has 134 valence electrons. The molecule has 0 unspecified atom stereocenters. The predicted molar refractivity (Wildman–Crippen MR) is 77.4 cm³/mol. The summed E-state index contributed by atoms with van der Waals surface area (Å²) in [5.74, 6) is -1.38. The van der Waals surface area contributed by atoms with Crippen molar-refractivity contribution in [2.45, 2.75) is 25.9 Å². The molecule has 0 bridgehead atoms. The molecule has 0 saturated heterocycles. The van der Waals surface area contributed by atoms with Gasteiger partial charge in [-0.3, -0.25) is 4.79 Å². The maximum absolute atomic E-state index is 13.2. The van der Waals surface area contributed by atoms with Gasteiger partial charge >= 0.3 is 12.1 Å². The van der Waals surface area contributed by atoms with Crippen LogP contribution in [0.3, 0.4) is 0 Å². The Bertz CT molecular complexity index is 649. The standard InChI is InChI=1S/C13H13F5N2O3S/c1-4-5-6(11(21)23-2)9(13(16,17)18)19-8(10(14)15)7(5)20-12(22)24-3/h10H,4H2,1-3H3,(H,20,22). The summed E-state index contributed by atoms with van der Waals surface area (Å²) in [5, 5.41) is 1.28. The largest absolute Gasteiger partial charge is 0.465 e. The van der Waals surface area contributed by atoms with Gasteiger partial charge in [-0.05, 0) is 18.2 Å². The normalized spacial score (nSPS) is 11.5. The van der Waals surface area contributed by atoms with Crippen molar-refractivity contribution in [2.75, 3.05) is 18.7 Å². The third-order valence-electron chi connectivity index (χ3n) is 2.96. The number of hydrogen-bond donors (Lipinski definition) is 1. The summed E-state index contributed by atoms with van der Waals surface area (Å²) in [6.07, 6.45) is -7.43. The van der Waals surface area contributed by atoms with Crippen molar-refractivity contribution in [1.29, 1.82) is 0 Å². The number of ether oxygens (including phenoxy) is 1. The Labute approximate surface area is 138 Å². The first-order valence-corrected chi connectivity index (χ1v) is 7.66. The van der Waals surface area contributed by atoms with Gasteiger partial charge in [-0.15, -0.1) is 0 Å². The zero-order chi connectivity index (χ0) is 18.7. The molecule has 24 heavy (non-hydrogen) atoms. The number of thioether (sulfide) groups is 1. The number of amides is 1. The van der Waals surface area contributed by atoms with E-state index in [1.165, 1.54) is 13.2 Å². The van der Waals surface area contributed by atoms with Gasteiger partial charge in [0.05, 0.1) is 18.4 Å². The van der Waals surface area contributed by atoms with Gasteiger partial charge in [0.15, 0.2) is 5.69 Å². The second kappa shape index (κ2) is 7.77. The van der Waals surface area contributed by atoms with E-state index >= 15 is 0 Å². The monoisotopic (exact) mass is 372 g/mol. The quantitative estimate of drug-likeness (QED) is 0.631. The number of carbonyl (C=O) groups is 2. The average Bonchev–Trinajstić information content (AvgIpc) is 2.51. The lowest BCUT2D eigenvalue weighted by Crippen LogP contribution is -2.23. The first kappa shape index (κ1) is 20.1. The molecule has 1 aromatic heterocycles. The summed E-state index contributed by atoms with van der Waals surface area (Å²) in [7, 11) is 0.850. The lowest BCUT2D eigenvalue weighted by Gasteiger charge is -2.20. The molecular weight excluding hydrogens is 359 g/mol. The van der Waals surface area contributed by atoms with Crippen molar-refractivity contribution in [2.24, 2.45) is 0 Å². The minimum atomic E-state index is -5.15. The van der Waals surface area contributed by atoms with E-state index in [4.69, 9.17) is 0 Å². The van der Waals surface area contributed by atoms with Gasteiger partial charge < -0.3 is 10.1 Å².